The molecule has 134 valence electrons. The first-order chi connectivity index (χ1) is 11.6. The van der Waals surface area contributed by atoms with Crippen LogP contribution in [-0.2, 0) is 14.1 Å². The van der Waals surface area contributed by atoms with E-state index >= 15 is 0 Å². The Morgan fingerprint density at radius 2 is 1.84 bits per heavy atom. The van der Waals surface area contributed by atoms with Crippen molar-refractivity contribution >= 4 is 36.4 Å². The largest absolute Gasteiger partial charge is 0.507 e. The molecule has 0 spiro atoms. The SMILES string of the molecule is CC(=O)SCC(=Cc1cc(C=O)ccc1O)B1OC(C)(C)C(C)(C)O1. The Hall–Kier alpha value is -1.57. The van der Waals surface area contributed by atoms with E-state index in [1.54, 1.807) is 18.2 Å². The van der Waals surface area contributed by atoms with Crippen molar-refractivity contribution in [2.45, 2.75) is 45.8 Å². The van der Waals surface area contributed by atoms with Crippen molar-refractivity contribution in [3.8, 4) is 5.75 Å². The van der Waals surface area contributed by atoms with Crippen LogP contribution in [0.4, 0.5) is 0 Å². The molecule has 1 aliphatic rings. The van der Waals surface area contributed by atoms with Crippen LogP contribution in [0.5, 0.6) is 5.75 Å². The monoisotopic (exact) mass is 362 g/mol. The first-order valence-electron chi connectivity index (χ1n) is 8.03. The summed E-state index contributed by atoms with van der Waals surface area (Å²) in [7, 11) is -0.629. The molecule has 1 heterocycles. The second-order valence-corrected chi connectivity index (χ2v) is 8.18. The molecule has 2 rings (SSSR count). The van der Waals surface area contributed by atoms with E-state index in [-0.39, 0.29) is 10.9 Å². The summed E-state index contributed by atoms with van der Waals surface area (Å²) in [6, 6.07) is 4.60. The average Bonchev–Trinajstić information content (AvgIpc) is 2.73. The van der Waals surface area contributed by atoms with E-state index in [0.29, 0.717) is 16.9 Å². The standard InChI is InChI=1S/C18H23BO5S/c1-12(21)25-11-15(19-23-17(2,3)18(4,5)24-19)9-14-8-13(10-20)6-7-16(14)22/h6-10,22H,11H2,1-5H3. The van der Waals surface area contributed by atoms with Crippen LogP contribution in [0, 0.1) is 0 Å². The molecular formula is C18H23BO5S. The lowest BCUT2D eigenvalue weighted by atomic mass is 9.78. The maximum atomic E-state index is 11.4. The molecule has 1 aliphatic heterocycles. The summed E-state index contributed by atoms with van der Waals surface area (Å²) in [5.74, 6) is 0.420. The number of aromatic hydroxyl groups is 1. The van der Waals surface area contributed by atoms with Gasteiger partial charge in [0, 0.05) is 23.8 Å². The lowest BCUT2D eigenvalue weighted by Crippen LogP contribution is -2.41. The Kier molecular flexibility index (Phi) is 5.81. The number of aldehydes is 1. The molecule has 0 amide bonds. The summed E-state index contributed by atoms with van der Waals surface area (Å²) in [5, 5.41) is 10.1. The first kappa shape index (κ1) is 19.8. The van der Waals surface area contributed by atoms with Crippen LogP contribution in [0.15, 0.2) is 23.7 Å². The molecule has 7 heteroatoms. The van der Waals surface area contributed by atoms with Crippen molar-refractivity contribution in [1.82, 2.24) is 0 Å². The molecule has 0 unspecified atom stereocenters. The number of carbonyl (C=O) groups excluding carboxylic acids is 2. The number of benzene rings is 1. The summed E-state index contributed by atoms with van der Waals surface area (Å²) in [4.78, 5) is 22.4. The highest BCUT2D eigenvalue weighted by molar-refractivity contribution is 8.13. The maximum Gasteiger partial charge on any atom is 0.491 e. The number of thioether (sulfide) groups is 1. The van der Waals surface area contributed by atoms with Crippen LogP contribution in [0.2, 0.25) is 0 Å². The number of hydrogen-bond acceptors (Lipinski definition) is 6. The Balaban J connectivity index is 2.40. The first-order valence-corrected chi connectivity index (χ1v) is 9.02. The number of phenolic OH excluding ortho intramolecular Hbond substituents is 1. The van der Waals surface area contributed by atoms with Crippen molar-refractivity contribution in [2.75, 3.05) is 5.75 Å². The fourth-order valence-electron chi connectivity index (χ4n) is 2.32. The summed E-state index contributed by atoms with van der Waals surface area (Å²) < 4.78 is 12.1. The van der Waals surface area contributed by atoms with E-state index in [1.807, 2.05) is 27.7 Å². The topological polar surface area (TPSA) is 72.8 Å². The zero-order valence-electron chi connectivity index (χ0n) is 15.2. The molecule has 1 saturated heterocycles. The van der Waals surface area contributed by atoms with Crippen LogP contribution in [0.1, 0.15) is 50.5 Å². The maximum absolute atomic E-state index is 11.4. The van der Waals surface area contributed by atoms with Crippen LogP contribution >= 0.6 is 11.8 Å². The van der Waals surface area contributed by atoms with Gasteiger partial charge in [0.1, 0.15) is 12.0 Å². The summed E-state index contributed by atoms with van der Waals surface area (Å²) in [6.07, 6.45) is 2.44. The second kappa shape index (κ2) is 7.36. The van der Waals surface area contributed by atoms with Crippen LogP contribution < -0.4 is 0 Å². The highest BCUT2D eigenvalue weighted by Gasteiger charge is 2.52. The molecule has 1 N–H and O–H groups in total. The van der Waals surface area contributed by atoms with Gasteiger partial charge in [-0.2, -0.15) is 0 Å². The molecule has 1 aromatic carbocycles. The van der Waals surface area contributed by atoms with Gasteiger partial charge in [-0.1, -0.05) is 17.8 Å². The fourth-order valence-corrected chi connectivity index (χ4v) is 2.91. The Morgan fingerprint density at radius 3 is 2.36 bits per heavy atom. The minimum Gasteiger partial charge on any atom is -0.507 e. The van der Waals surface area contributed by atoms with E-state index < -0.39 is 18.3 Å². The van der Waals surface area contributed by atoms with Crippen molar-refractivity contribution in [3.05, 3.63) is 34.8 Å². The molecule has 0 radical (unpaired) electrons. The van der Waals surface area contributed by atoms with Crippen molar-refractivity contribution in [3.63, 3.8) is 0 Å². The van der Waals surface area contributed by atoms with Crippen molar-refractivity contribution in [2.24, 2.45) is 0 Å². The Labute approximate surface area is 152 Å². The molecule has 0 atom stereocenters. The van der Waals surface area contributed by atoms with E-state index in [9.17, 15) is 14.7 Å². The Morgan fingerprint density at radius 1 is 1.24 bits per heavy atom. The third-order valence-electron chi connectivity index (χ3n) is 4.53. The second-order valence-electron chi connectivity index (χ2n) is 7.02. The van der Waals surface area contributed by atoms with Gasteiger partial charge in [-0.15, -0.1) is 0 Å². The zero-order valence-corrected chi connectivity index (χ0v) is 16.0. The van der Waals surface area contributed by atoms with E-state index in [1.165, 1.54) is 13.0 Å². The Bertz CT molecular complexity index is 695. The summed E-state index contributed by atoms with van der Waals surface area (Å²) >= 11 is 1.14. The predicted octanol–water partition coefficient (Wildman–Crippen LogP) is 3.50. The zero-order chi connectivity index (χ0) is 18.8. The van der Waals surface area contributed by atoms with Crippen LogP contribution in [0.3, 0.4) is 0 Å². The van der Waals surface area contributed by atoms with E-state index in [4.69, 9.17) is 9.31 Å². The van der Waals surface area contributed by atoms with Gasteiger partial charge < -0.3 is 14.4 Å². The molecule has 0 saturated carbocycles. The summed E-state index contributed by atoms with van der Waals surface area (Å²) in [6.45, 7) is 9.30. The van der Waals surface area contributed by atoms with E-state index in [2.05, 4.69) is 0 Å². The molecule has 0 aliphatic carbocycles. The van der Waals surface area contributed by atoms with Crippen molar-refractivity contribution in [1.29, 1.82) is 0 Å². The van der Waals surface area contributed by atoms with Gasteiger partial charge in [-0.05, 0) is 51.4 Å². The normalized spacial score (nSPS) is 19.1. The minimum absolute atomic E-state index is 0.0201. The number of carbonyl (C=O) groups is 2. The summed E-state index contributed by atoms with van der Waals surface area (Å²) in [5.41, 5.74) is 0.640. The van der Waals surface area contributed by atoms with Crippen LogP contribution in [0.25, 0.3) is 6.08 Å². The lowest BCUT2D eigenvalue weighted by molar-refractivity contribution is -0.109. The van der Waals surface area contributed by atoms with Gasteiger partial charge in [0.2, 0.25) is 0 Å². The van der Waals surface area contributed by atoms with Crippen LogP contribution in [-0.4, -0.2) is 40.6 Å². The third kappa shape index (κ3) is 4.54. The van der Waals surface area contributed by atoms with Gasteiger partial charge in [0.05, 0.1) is 11.2 Å². The van der Waals surface area contributed by atoms with E-state index in [0.717, 1.165) is 23.5 Å². The number of hydrogen-bond donors (Lipinski definition) is 1. The van der Waals surface area contributed by atoms with Crippen molar-refractivity contribution < 1.29 is 24.0 Å². The number of phenols is 1. The number of rotatable bonds is 5. The molecule has 5 nitrogen and oxygen atoms in total. The molecule has 0 bridgehead atoms. The predicted molar refractivity (Wildman–Crippen MR) is 101 cm³/mol. The molecule has 25 heavy (non-hydrogen) atoms. The smallest absolute Gasteiger partial charge is 0.491 e. The van der Waals surface area contributed by atoms with Gasteiger partial charge in [-0.3, -0.25) is 9.59 Å². The highest BCUT2D eigenvalue weighted by atomic mass is 32.2. The molecule has 1 aromatic rings. The lowest BCUT2D eigenvalue weighted by Gasteiger charge is -2.32. The minimum atomic E-state index is -0.629. The molecular weight excluding hydrogens is 339 g/mol. The third-order valence-corrected chi connectivity index (χ3v) is 5.41. The fraction of sp³-hybridized carbons (Fsp3) is 0.444. The van der Waals surface area contributed by atoms with Gasteiger partial charge >= 0.3 is 7.12 Å². The highest BCUT2D eigenvalue weighted by Crippen LogP contribution is 2.39. The van der Waals surface area contributed by atoms with Gasteiger partial charge in [0.15, 0.2) is 5.12 Å². The average molecular weight is 362 g/mol. The quantitative estimate of drug-likeness (QED) is 0.639. The van der Waals surface area contributed by atoms with Gasteiger partial charge in [0.25, 0.3) is 0 Å². The molecule has 1 fully saturated rings. The van der Waals surface area contributed by atoms with Gasteiger partial charge in [-0.25, -0.2) is 0 Å². The molecule has 0 aromatic heterocycles.